The molecule has 0 saturated carbocycles. The van der Waals surface area contributed by atoms with E-state index in [1.54, 1.807) is 5.01 Å². The Morgan fingerprint density at radius 3 is 1.55 bits per heavy atom. The molecule has 0 atom stereocenters. The number of piperazine rings is 2. The second-order valence-electron chi connectivity index (χ2n) is 11.3. The van der Waals surface area contributed by atoms with Gasteiger partial charge in [-0.05, 0) is 88.6 Å². The third kappa shape index (κ3) is 10.2. The number of hydrogen-bond acceptors (Lipinski definition) is 8. The van der Waals surface area contributed by atoms with Crippen LogP contribution in [-0.4, -0.2) is 131 Å². The number of anilines is 1. The van der Waals surface area contributed by atoms with Crippen molar-refractivity contribution in [1.82, 2.24) is 19.6 Å². The van der Waals surface area contributed by atoms with Crippen LogP contribution in [0.25, 0.3) is 0 Å². The summed E-state index contributed by atoms with van der Waals surface area (Å²) in [7, 11) is 6.23. The van der Waals surface area contributed by atoms with Crippen LogP contribution in [0.3, 0.4) is 0 Å². The monoisotopic (exact) mass is 575 g/mol. The van der Waals surface area contributed by atoms with E-state index in [1.807, 2.05) is 55.6 Å². The van der Waals surface area contributed by atoms with Crippen LogP contribution in [0.5, 0.6) is 0 Å². The number of benzene rings is 2. The first-order chi connectivity index (χ1) is 20.4. The highest BCUT2D eigenvalue weighted by Gasteiger charge is 2.13. The van der Waals surface area contributed by atoms with Gasteiger partial charge in [0.25, 0.3) is 0 Å². The van der Waals surface area contributed by atoms with Crippen LogP contribution in [0.2, 0.25) is 0 Å². The van der Waals surface area contributed by atoms with E-state index >= 15 is 0 Å². The molecule has 2 aromatic rings. The molecule has 2 aromatic carbocycles. The number of hydrogen-bond donors (Lipinski definition) is 2. The standard InChI is InChI=1S/C31H49N11/c1-38-18-22-41(23-19-38)16-4-14-34-30(32)26-6-10-28(11-7-26)36-37-40(3)29-12-8-27(9-13-29)31(33)35-15-5-17-42-24-20-39(2)21-25-42/h6-13H,4-5,14-25H2,1-3H3,(H2,32,34)(H2,33,35). The fourth-order valence-electron chi connectivity index (χ4n) is 5.03. The number of aliphatic imine (C=N–C) groups is 2. The summed E-state index contributed by atoms with van der Waals surface area (Å²) in [6, 6.07) is 15.6. The van der Waals surface area contributed by atoms with Gasteiger partial charge in [-0.3, -0.25) is 9.98 Å². The first-order valence-corrected chi connectivity index (χ1v) is 15.2. The van der Waals surface area contributed by atoms with Crippen molar-refractivity contribution in [3.63, 3.8) is 0 Å². The van der Waals surface area contributed by atoms with E-state index in [1.165, 1.54) is 0 Å². The quantitative estimate of drug-likeness (QED) is 0.124. The maximum absolute atomic E-state index is 6.25. The molecule has 11 heteroatoms. The summed E-state index contributed by atoms with van der Waals surface area (Å²) in [5.74, 6) is 1.13. The molecule has 11 nitrogen and oxygen atoms in total. The summed E-state index contributed by atoms with van der Waals surface area (Å²) >= 11 is 0. The summed E-state index contributed by atoms with van der Waals surface area (Å²) in [5.41, 5.74) is 16.0. The summed E-state index contributed by atoms with van der Waals surface area (Å²) in [5, 5.41) is 10.5. The van der Waals surface area contributed by atoms with E-state index in [4.69, 9.17) is 11.5 Å². The minimum absolute atomic E-state index is 0.562. The minimum atomic E-state index is 0.562. The summed E-state index contributed by atoms with van der Waals surface area (Å²) in [6.45, 7) is 12.7. The van der Waals surface area contributed by atoms with Crippen molar-refractivity contribution in [1.29, 1.82) is 0 Å². The fourth-order valence-corrected chi connectivity index (χ4v) is 5.03. The van der Waals surface area contributed by atoms with Gasteiger partial charge in [-0.1, -0.05) is 5.22 Å². The molecule has 0 unspecified atom stereocenters. The highest BCUT2D eigenvalue weighted by Crippen LogP contribution is 2.18. The lowest BCUT2D eigenvalue weighted by Crippen LogP contribution is -2.44. The number of nitrogens with two attached hydrogens (primary N) is 2. The molecule has 2 fully saturated rings. The van der Waals surface area contributed by atoms with Crippen LogP contribution in [0.1, 0.15) is 24.0 Å². The molecular formula is C31H49N11. The Hall–Kier alpha value is -3.38. The molecule has 4 N–H and O–H groups in total. The second kappa shape index (κ2) is 16.3. The molecule has 4 rings (SSSR count). The van der Waals surface area contributed by atoms with E-state index in [2.05, 4.69) is 54.0 Å². The highest BCUT2D eigenvalue weighted by molar-refractivity contribution is 5.98. The zero-order valence-corrected chi connectivity index (χ0v) is 25.7. The Labute approximate surface area is 251 Å². The Kier molecular flexibility index (Phi) is 12.3. The molecule has 0 amide bonds. The summed E-state index contributed by atoms with van der Waals surface area (Å²) in [4.78, 5) is 18.9. The van der Waals surface area contributed by atoms with Crippen LogP contribution in [0.15, 0.2) is 68.9 Å². The normalized spacial score (nSPS) is 18.6. The smallest absolute Gasteiger partial charge is 0.125 e. The maximum atomic E-state index is 6.25. The van der Waals surface area contributed by atoms with Gasteiger partial charge < -0.3 is 31.1 Å². The predicted octanol–water partition coefficient (Wildman–Crippen LogP) is 2.51. The molecule has 42 heavy (non-hydrogen) atoms. The van der Waals surface area contributed by atoms with Crippen molar-refractivity contribution in [2.45, 2.75) is 12.8 Å². The lowest BCUT2D eigenvalue weighted by atomic mass is 10.2. The van der Waals surface area contributed by atoms with Crippen molar-refractivity contribution in [3.05, 3.63) is 59.7 Å². The lowest BCUT2D eigenvalue weighted by molar-refractivity contribution is 0.153. The van der Waals surface area contributed by atoms with Crippen LogP contribution in [-0.2, 0) is 0 Å². The summed E-state index contributed by atoms with van der Waals surface area (Å²) in [6.07, 6.45) is 2.03. The van der Waals surface area contributed by atoms with E-state index in [-0.39, 0.29) is 0 Å². The van der Waals surface area contributed by atoms with Crippen molar-refractivity contribution >= 4 is 23.0 Å². The average Bonchev–Trinajstić information content (AvgIpc) is 3.02. The number of amidine groups is 2. The van der Waals surface area contributed by atoms with Gasteiger partial charge in [0.05, 0.1) is 11.4 Å². The van der Waals surface area contributed by atoms with Gasteiger partial charge in [-0.2, -0.15) is 0 Å². The van der Waals surface area contributed by atoms with E-state index < -0.39 is 0 Å². The van der Waals surface area contributed by atoms with Gasteiger partial charge in [0.15, 0.2) is 0 Å². The Morgan fingerprint density at radius 2 is 1.10 bits per heavy atom. The molecule has 0 aromatic heterocycles. The Bertz CT molecular complexity index is 1160. The largest absolute Gasteiger partial charge is 0.384 e. The zero-order valence-electron chi connectivity index (χ0n) is 25.7. The lowest BCUT2D eigenvalue weighted by Gasteiger charge is -2.32. The highest BCUT2D eigenvalue weighted by atomic mass is 15.5. The molecule has 0 aliphatic carbocycles. The van der Waals surface area contributed by atoms with Crippen molar-refractivity contribution in [2.24, 2.45) is 31.8 Å². The van der Waals surface area contributed by atoms with Gasteiger partial charge in [-0.25, -0.2) is 5.01 Å². The fraction of sp³-hybridized carbons (Fsp3) is 0.548. The minimum Gasteiger partial charge on any atom is -0.384 e. The van der Waals surface area contributed by atoms with Crippen LogP contribution < -0.4 is 16.5 Å². The third-order valence-corrected chi connectivity index (χ3v) is 8.02. The molecule has 0 radical (unpaired) electrons. The molecular weight excluding hydrogens is 526 g/mol. The third-order valence-electron chi connectivity index (χ3n) is 8.02. The molecule has 2 heterocycles. The van der Waals surface area contributed by atoms with E-state index in [0.29, 0.717) is 11.7 Å². The molecule has 228 valence electrons. The van der Waals surface area contributed by atoms with Crippen LogP contribution in [0, 0.1) is 0 Å². The van der Waals surface area contributed by atoms with Crippen molar-refractivity contribution in [3.8, 4) is 0 Å². The van der Waals surface area contributed by atoms with E-state index in [0.717, 1.165) is 114 Å². The van der Waals surface area contributed by atoms with Gasteiger partial charge in [0.1, 0.15) is 11.7 Å². The topological polar surface area (TPSA) is 118 Å². The maximum Gasteiger partial charge on any atom is 0.125 e. The van der Waals surface area contributed by atoms with Crippen molar-refractivity contribution in [2.75, 3.05) is 105 Å². The Morgan fingerprint density at radius 1 is 0.667 bits per heavy atom. The number of rotatable bonds is 13. The molecule has 2 aliphatic rings. The first kappa shape index (κ1) is 31.6. The average molecular weight is 576 g/mol. The van der Waals surface area contributed by atoms with Crippen LogP contribution in [0.4, 0.5) is 11.4 Å². The zero-order chi connectivity index (χ0) is 29.7. The molecule has 0 spiro atoms. The molecule has 0 bridgehead atoms. The predicted molar refractivity (Wildman–Crippen MR) is 174 cm³/mol. The van der Waals surface area contributed by atoms with Crippen molar-refractivity contribution < 1.29 is 0 Å². The molecule has 2 aliphatic heterocycles. The first-order valence-electron chi connectivity index (χ1n) is 15.2. The van der Waals surface area contributed by atoms with Gasteiger partial charge in [0, 0.05) is 83.6 Å². The number of nitrogens with zero attached hydrogens (tertiary/aromatic N) is 9. The van der Waals surface area contributed by atoms with E-state index in [9.17, 15) is 0 Å². The van der Waals surface area contributed by atoms with Gasteiger partial charge in [0.2, 0.25) is 0 Å². The van der Waals surface area contributed by atoms with Gasteiger partial charge >= 0.3 is 0 Å². The number of likely N-dealkylation sites (N-methyl/N-ethyl adjacent to an activating group) is 2. The second-order valence-corrected chi connectivity index (χ2v) is 11.3. The molecule has 2 saturated heterocycles. The SMILES string of the molecule is CN1CCN(CCCN=C(N)c2ccc(N=NN(C)c3ccc(C(N)=NCCCN4CCN(C)CC4)cc3)cc2)CC1. The summed E-state index contributed by atoms with van der Waals surface area (Å²) < 4.78 is 0. The van der Waals surface area contributed by atoms with Gasteiger partial charge in [-0.15, -0.1) is 5.11 Å². The van der Waals surface area contributed by atoms with Crippen LogP contribution >= 0.6 is 0 Å². The Balaban J connectivity index is 1.19.